The van der Waals surface area contributed by atoms with Crippen LogP contribution in [0.5, 0.6) is 0 Å². The van der Waals surface area contributed by atoms with Crippen LogP contribution in [0, 0.1) is 5.92 Å². The molecule has 7 nitrogen and oxygen atoms in total. The Morgan fingerprint density at radius 3 is 2.59 bits per heavy atom. The fourth-order valence-electron chi connectivity index (χ4n) is 2.96. The molecule has 0 radical (unpaired) electrons. The molecule has 0 spiro atoms. The average Bonchev–Trinajstić information content (AvgIpc) is 3.07. The number of aromatic nitrogens is 3. The van der Waals surface area contributed by atoms with Gasteiger partial charge in [-0.05, 0) is 18.1 Å². The highest BCUT2D eigenvalue weighted by Gasteiger charge is 2.21. The van der Waals surface area contributed by atoms with Crippen molar-refractivity contribution >= 4 is 52.5 Å². The molecule has 1 saturated heterocycles. The minimum atomic E-state index is -0.143. The fraction of sp³-hybridized carbons (Fsp3) is 0.526. The van der Waals surface area contributed by atoms with Gasteiger partial charge in [-0.25, -0.2) is 0 Å². The zero-order chi connectivity index (χ0) is 20.8. The first-order valence-electron chi connectivity index (χ1n) is 9.58. The Kier molecular flexibility index (Phi) is 8.06. The maximum Gasteiger partial charge on any atom is 0.228 e. The highest BCUT2D eigenvalue weighted by molar-refractivity contribution is 7.99. The molecule has 0 unspecified atom stereocenters. The molecule has 1 aliphatic rings. The van der Waals surface area contributed by atoms with Gasteiger partial charge in [-0.1, -0.05) is 54.9 Å². The standard InChI is InChI=1S/C19H25Cl2N5O2S/c1-13(2)12-26-18(25-7-9-28-10-8-25)23-24-19(26)29-11-6-16(27)22-17-14(20)4-3-5-15(17)21/h3-5,13H,6-12H2,1-2H3,(H,22,27). The van der Waals surface area contributed by atoms with Gasteiger partial charge in [0.15, 0.2) is 5.16 Å². The second kappa shape index (κ2) is 10.5. The molecular weight excluding hydrogens is 433 g/mol. The smallest absolute Gasteiger partial charge is 0.228 e. The van der Waals surface area contributed by atoms with Gasteiger partial charge in [0.05, 0.1) is 28.9 Å². The second-order valence-electron chi connectivity index (χ2n) is 7.13. The summed E-state index contributed by atoms with van der Waals surface area (Å²) in [5.74, 6) is 1.76. The van der Waals surface area contributed by atoms with Crippen molar-refractivity contribution in [2.75, 3.05) is 42.3 Å². The van der Waals surface area contributed by atoms with Crippen molar-refractivity contribution < 1.29 is 9.53 Å². The van der Waals surface area contributed by atoms with Crippen LogP contribution in [0.4, 0.5) is 11.6 Å². The molecule has 1 fully saturated rings. The van der Waals surface area contributed by atoms with Crippen LogP contribution in [0.2, 0.25) is 10.0 Å². The van der Waals surface area contributed by atoms with E-state index in [0.717, 1.165) is 30.7 Å². The lowest BCUT2D eigenvalue weighted by Crippen LogP contribution is -2.38. The lowest BCUT2D eigenvalue weighted by atomic mass is 10.2. The first kappa shape index (κ1) is 22.2. The number of para-hydroxylation sites is 1. The van der Waals surface area contributed by atoms with Gasteiger partial charge in [0.2, 0.25) is 11.9 Å². The number of carbonyl (C=O) groups excluding carboxylic acids is 1. The number of hydrogen-bond acceptors (Lipinski definition) is 6. The summed E-state index contributed by atoms with van der Waals surface area (Å²) in [5.41, 5.74) is 0.448. The minimum Gasteiger partial charge on any atom is -0.378 e. The lowest BCUT2D eigenvalue weighted by molar-refractivity contribution is -0.115. The molecule has 2 aromatic rings. The zero-order valence-electron chi connectivity index (χ0n) is 16.5. The molecule has 1 amide bonds. The molecule has 1 aromatic heterocycles. The van der Waals surface area contributed by atoms with Crippen molar-refractivity contribution in [2.24, 2.45) is 5.92 Å². The number of nitrogens with one attached hydrogen (secondary N) is 1. The number of benzene rings is 1. The predicted octanol–water partition coefficient (Wildman–Crippen LogP) is 4.20. The van der Waals surface area contributed by atoms with Gasteiger partial charge in [0.1, 0.15) is 0 Å². The Morgan fingerprint density at radius 2 is 1.93 bits per heavy atom. The van der Waals surface area contributed by atoms with Gasteiger partial charge in [-0.2, -0.15) is 0 Å². The van der Waals surface area contributed by atoms with Crippen molar-refractivity contribution in [3.63, 3.8) is 0 Å². The Hall–Kier alpha value is -1.48. The summed E-state index contributed by atoms with van der Waals surface area (Å²) in [6, 6.07) is 5.13. The predicted molar refractivity (Wildman–Crippen MR) is 118 cm³/mol. The van der Waals surface area contributed by atoms with Crippen molar-refractivity contribution in [1.82, 2.24) is 14.8 Å². The van der Waals surface area contributed by atoms with Crippen LogP contribution in [0.25, 0.3) is 0 Å². The highest BCUT2D eigenvalue weighted by atomic mass is 35.5. The number of amides is 1. The summed E-state index contributed by atoms with van der Waals surface area (Å²) >= 11 is 13.7. The number of thioether (sulfide) groups is 1. The van der Waals surface area contributed by atoms with Gasteiger partial charge in [0, 0.05) is 31.8 Å². The molecule has 0 atom stereocenters. The minimum absolute atomic E-state index is 0.143. The third-order valence-corrected chi connectivity index (χ3v) is 5.92. The van der Waals surface area contributed by atoms with E-state index in [1.54, 1.807) is 18.2 Å². The molecule has 3 rings (SSSR count). The van der Waals surface area contributed by atoms with Crippen LogP contribution in [0.3, 0.4) is 0 Å². The maximum atomic E-state index is 12.3. The summed E-state index contributed by atoms with van der Waals surface area (Å²) in [6.45, 7) is 8.16. The lowest BCUT2D eigenvalue weighted by Gasteiger charge is -2.28. The van der Waals surface area contributed by atoms with Gasteiger partial charge in [-0.3, -0.25) is 9.36 Å². The van der Waals surface area contributed by atoms with Crippen molar-refractivity contribution in [3.05, 3.63) is 28.2 Å². The third kappa shape index (κ3) is 6.01. The molecule has 0 saturated carbocycles. The van der Waals surface area contributed by atoms with E-state index in [-0.39, 0.29) is 5.91 Å². The molecule has 2 heterocycles. The van der Waals surface area contributed by atoms with Crippen LogP contribution in [0.15, 0.2) is 23.4 Å². The number of nitrogens with zero attached hydrogens (tertiary/aromatic N) is 4. The summed E-state index contributed by atoms with van der Waals surface area (Å²) in [6.07, 6.45) is 0.313. The van der Waals surface area contributed by atoms with Crippen LogP contribution in [-0.4, -0.2) is 52.7 Å². The molecule has 29 heavy (non-hydrogen) atoms. The number of anilines is 2. The monoisotopic (exact) mass is 457 g/mol. The van der Waals surface area contributed by atoms with Crippen LogP contribution < -0.4 is 10.2 Å². The first-order chi connectivity index (χ1) is 14.0. The van der Waals surface area contributed by atoms with E-state index in [1.807, 2.05) is 0 Å². The topological polar surface area (TPSA) is 72.3 Å². The normalized spacial score (nSPS) is 14.4. The maximum absolute atomic E-state index is 12.3. The Balaban J connectivity index is 1.61. The van der Waals surface area contributed by atoms with E-state index >= 15 is 0 Å². The van der Waals surface area contributed by atoms with Crippen molar-refractivity contribution in [3.8, 4) is 0 Å². The summed E-state index contributed by atoms with van der Waals surface area (Å²) < 4.78 is 7.58. The number of ether oxygens (including phenoxy) is 1. The zero-order valence-corrected chi connectivity index (χ0v) is 18.9. The fourth-order valence-corrected chi connectivity index (χ4v) is 4.34. The number of rotatable bonds is 8. The molecular formula is C19H25Cl2N5O2S. The number of carbonyl (C=O) groups is 1. The summed E-state index contributed by atoms with van der Waals surface area (Å²) in [7, 11) is 0. The SMILES string of the molecule is CC(C)Cn1c(SCCC(=O)Nc2c(Cl)cccc2Cl)nnc1N1CCOCC1. The van der Waals surface area contributed by atoms with E-state index in [4.69, 9.17) is 27.9 Å². The van der Waals surface area contributed by atoms with Gasteiger partial charge in [-0.15, -0.1) is 10.2 Å². The molecule has 1 aliphatic heterocycles. The Labute approximate surface area is 185 Å². The Bertz CT molecular complexity index is 820. The van der Waals surface area contributed by atoms with Crippen LogP contribution in [-0.2, 0) is 16.1 Å². The summed E-state index contributed by atoms with van der Waals surface area (Å²) in [5, 5.41) is 13.2. The third-order valence-electron chi connectivity index (χ3n) is 4.33. The number of morpholine rings is 1. The van der Waals surface area contributed by atoms with Gasteiger partial charge in [0.25, 0.3) is 0 Å². The van der Waals surface area contributed by atoms with E-state index in [0.29, 0.717) is 47.0 Å². The van der Waals surface area contributed by atoms with E-state index in [1.165, 1.54) is 11.8 Å². The number of hydrogen-bond donors (Lipinski definition) is 1. The molecule has 158 valence electrons. The van der Waals surface area contributed by atoms with Crippen LogP contribution in [0.1, 0.15) is 20.3 Å². The highest BCUT2D eigenvalue weighted by Crippen LogP contribution is 2.30. The van der Waals surface area contributed by atoms with Gasteiger partial charge >= 0.3 is 0 Å². The molecule has 10 heteroatoms. The molecule has 1 aromatic carbocycles. The summed E-state index contributed by atoms with van der Waals surface area (Å²) in [4.78, 5) is 14.5. The van der Waals surface area contributed by atoms with Gasteiger partial charge < -0.3 is 15.0 Å². The largest absolute Gasteiger partial charge is 0.378 e. The van der Waals surface area contributed by atoms with E-state index < -0.39 is 0 Å². The second-order valence-corrected chi connectivity index (χ2v) is 9.01. The number of halogens is 2. The van der Waals surface area contributed by atoms with E-state index in [2.05, 4.69) is 38.8 Å². The Morgan fingerprint density at radius 1 is 1.24 bits per heavy atom. The van der Waals surface area contributed by atoms with Crippen molar-refractivity contribution in [1.29, 1.82) is 0 Å². The molecule has 0 bridgehead atoms. The van der Waals surface area contributed by atoms with Crippen molar-refractivity contribution in [2.45, 2.75) is 32.0 Å². The first-order valence-corrected chi connectivity index (χ1v) is 11.3. The average molecular weight is 458 g/mol. The quantitative estimate of drug-likeness (QED) is 0.598. The van der Waals surface area contributed by atoms with E-state index in [9.17, 15) is 4.79 Å². The molecule has 0 aliphatic carbocycles. The van der Waals surface area contributed by atoms with Crippen LogP contribution >= 0.6 is 35.0 Å². The molecule has 1 N–H and O–H groups in total.